The quantitative estimate of drug-likeness (QED) is 0.524. The van der Waals surface area contributed by atoms with Crippen LogP contribution < -0.4 is 10.1 Å². The Labute approximate surface area is 202 Å². The highest BCUT2D eigenvalue weighted by Crippen LogP contribution is 2.19. The van der Waals surface area contributed by atoms with Crippen LogP contribution in [0.15, 0.2) is 53.4 Å². The fourth-order valence-electron chi connectivity index (χ4n) is 3.52. The van der Waals surface area contributed by atoms with Crippen LogP contribution in [0.4, 0.5) is 0 Å². The Morgan fingerprint density at radius 2 is 1.74 bits per heavy atom. The van der Waals surface area contributed by atoms with Gasteiger partial charge in [-0.05, 0) is 57.0 Å². The lowest BCUT2D eigenvalue weighted by atomic mass is 10.1. The molecule has 0 spiro atoms. The average Bonchev–Trinajstić information content (AvgIpc) is 2.78. The summed E-state index contributed by atoms with van der Waals surface area (Å²) in [5.41, 5.74) is 1.71. The molecule has 186 valence electrons. The normalized spacial score (nSPS) is 12.5. The first kappa shape index (κ1) is 27.3. The molecule has 0 saturated heterocycles. The highest BCUT2D eigenvalue weighted by atomic mass is 32.2. The van der Waals surface area contributed by atoms with Gasteiger partial charge >= 0.3 is 0 Å². The third kappa shape index (κ3) is 7.04. The summed E-state index contributed by atoms with van der Waals surface area (Å²) < 4.78 is 32.3. The standard InChI is InChI=1S/C25H35N3O5S/c1-7-23(25(30)26-18(2)3)28(16-20-9-8-10-21(15-20)33-6)24(29)17-27(5)34(31,32)22-13-11-19(4)12-14-22/h8-15,18,23H,7,16-17H2,1-6H3,(H,26,30). The smallest absolute Gasteiger partial charge is 0.243 e. The van der Waals surface area contributed by atoms with Crippen molar-refractivity contribution < 1.29 is 22.7 Å². The van der Waals surface area contributed by atoms with Gasteiger partial charge in [0.05, 0.1) is 18.6 Å². The van der Waals surface area contributed by atoms with Gasteiger partial charge in [-0.15, -0.1) is 0 Å². The molecule has 1 unspecified atom stereocenters. The van der Waals surface area contributed by atoms with E-state index in [4.69, 9.17) is 4.74 Å². The van der Waals surface area contributed by atoms with E-state index in [9.17, 15) is 18.0 Å². The lowest BCUT2D eigenvalue weighted by Gasteiger charge is -2.32. The third-order valence-electron chi connectivity index (χ3n) is 5.39. The molecule has 1 atom stereocenters. The summed E-state index contributed by atoms with van der Waals surface area (Å²) in [7, 11) is -0.954. The summed E-state index contributed by atoms with van der Waals surface area (Å²) in [6, 6.07) is 12.8. The zero-order valence-electron chi connectivity index (χ0n) is 20.7. The summed E-state index contributed by atoms with van der Waals surface area (Å²) >= 11 is 0. The minimum atomic E-state index is -3.87. The van der Waals surface area contributed by atoms with Crippen LogP contribution in [-0.2, 0) is 26.2 Å². The molecule has 0 aliphatic carbocycles. The van der Waals surface area contributed by atoms with E-state index in [1.807, 2.05) is 33.8 Å². The fraction of sp³-hybridized carbons (Fsp3) is 0.440. The number of hydrogen-bond donors (Lipinski definition) is 1. The molecule has 8 nitrogen and oxygen atoms in total. The zero-order valence-corrected chi connectivity index (χ0v) is 21.6. The maximum absolute atomic E-state index is 13.4. The number of hydrogen-bond acceptors (Lipinski definition) is 5. The van der Waals surface area contributed by atoms with E-state index in [1.54, 1.807) is 37.4 Å². The molecule has 2 amide bonds. The Hall–Kier alpha value is -2.91. The van der Waals surface area contributed by atoms with Crippen LogP contribution in [0.1, 0.15) is 38.3 Å². The van der Waals surface area contributed by atoms with Gasteiger partial charge in [-0.25, -0.2) is 8.42 Å². The molecule has 34 heavy (non-hydrogen) atoms. The molecular weight excluding hydrogens is 454 g/mol. The minimum absolute atomic E-state index is 0.0973. The molecular formula is C25H35N3O5S. The minimum Gasteiger partial charge on any atom is -0.497 e. The SMILES string of the molecule is CCC(C(=O)NC(C)C)N(Cc1cccc(OC)c1)C(=O)CN(C)S(=O)(=O)c1ccc(C)cc1. The van der Waals surface area contributed by atoms with Crippen molar-refractivity contribution in [3.8, 4) is 5.75 Å². The first-order valence-electron chi connectivity index (χ1n) is 11.2. The number of nitrogens with zero attached hydrogens (tertiary/aromatic N) is 2. The molecule has 0 aliphatic rings. The number of carbonyl (C=O) groups is 2. The number of rotatable bonds is 11. The van der Waals surface area contributed by atoms with E-state index in [2.05, 4.69) is 5.32 Å². The molecule has 0 fully saturated rings. The summed E-state index contributed by atoms with van der Waals surface area (Å²) in [6.07, 6.45) is 0.378. The molecule has 0 radical (unpaired) electrons. The van der Waals surface area contributed by atoms with E-state index in [0.29, 0.717) is 12.2 Å². The molecule has 2 rings (SSSR count). The van der Waals surface area contributed by atoms with Gasteiger partial charge in [0.1, 0.15) is 11.8 Å². The molecule has 0 bridgehead atoms. The maximum atomic E-state index is 13.4. The van der Waals surface area contributed by atoms with Crippen LogP contribution in [0.5, 0.6) is 5.75 Å². The number of nitrogens with one attached hydrogen (secondary N) is 1. The molecule has 0 saturated carbocycles. The number of ether oxygens (including phenoxy) is 1. The van der Waals surface area contributed by atoms with Gasteiger partial charge in [0.2, 0.25) is 21.8 Å². The largest absolute Gasteiger partial charge is 0.497 e. The Kier molecular flexibility index (Phi) is 9.64. The number of likely N-dealkylation sites (N-methyl/N-ethyl adjacent to an activating group) is 1. The second-order valence-electron chi connectivity index (χ2n) is 8.53. The van der Waals surface area contributed by atoms with Gasteiger partial charge in [-0.3, -0.25) is 9.59 Å². The van der Waals surface area contributed by atoms with Crippen molar-refractivity contribution in [2.24, 2.45) is 0 Å². The van der Waals surface area contributed by atoms with Crippen LogP contribution in [0.3, 0.4) is 0 Å². The van der Waals surface area contributed by atoms with Crippen molar-refractivity contribution >= 4 is 21.8 Å². The van der Waals surface area contributed by atoms with E-state index in [-0.39, 0.29) is 23.4 Å². The van der Waals surface area contributed by atoms with Crippen molar-refractivity contribution in [3.05, 3.63) is 59.7 Å². The molecule has 9 heteroatoms. The molecule has 0 aliphatic heterocycles. The van der Waals surface area contributed by atoms with E-state index >= 15 is 0 Å². The van der Waals surface area contributed by atoms with Crippen molar-refractivity contribution in [2.75, 3.05) is 20.7 Å². The second-order valence-corrected chi connectivity index (χ2v) is 10.6. The summed E-state index contributed by atoms with van der Waals surface area (Å²) in [4.78, 5) is 27.9. The van der Waals surface area contributed by atoms with Gasteiger partial charge in [-0.2, -0.15) is 4.31 Å². The van der Waals surface area contributed by atoms with E-state index < -0.39 is 28.5 Å². The maximum Gasteiger partial charge on any atom is 0.243 e. The number of aryl methyl sites for hydroxylation is 1. The second kappa shape index (κ2) is 12.0. The number of methoxy groups -OCH3 is 1. The average molecular weight is 490 g/mol. The Morgan fingerprint density at radius 1 is 1.09 bits per heavy atom. The number of sulfonamides is 1. The number of amides is 2. The molecule has 0 heterocycles. The Bertz CT molecular complexity index is 1080. The molecule has 1 N–H and O–H groups in total. The van der Waals surface area contributed by atoms with Crippen LogP contribution in [0, 0.1) is 6.92 Å². The molecule has 2 aromatic rings. The van der Waals surface area contributed by atoms with Crippen LogP contribution in [-0.4, -0.2) is 62.2 Å². The topological polar surface area (TPSA) is 96.0 Å². The van der Waals surface area contributed by atoms with Crippen molar-refractivity contribution in [2.45, 2.75) is 57.6 Å². The molecule has 0 aromatic heterocycles. The van der Waals surface area contributed by atoms with Crippen molar-refractivity contribution in [3.63, 3.8) is 0 Å². The highest BCUT2D eigenvalue weighted by molar-refractivity contribution is 7.89. The van der Waals surface area contributed by atoms with Crippen LogP contribution >= 0.6 is 0 Å². The van der Waals surface area contributed by atoms with Gasteiger partial charge < -0.3 is 15.0 Å². The van der Waals surface area contributed by atoms with Gasteiger partial charge in [0, 0.05) is 19.6 Å². The highest BCUT2D eigenvalue weighted by Gasteiger charge is 2.32. The number of benzene rings is 2. The lowest BCUT2D eigenvalue weighted by molar-refractivity contribution is -0.141. The van der Waals surface area contributed by atoms with Crippen LogP contribution in [0.2, 0.25) is 0 Å². The van der Waals surface area contributed by atoms with Crippen molar-refractivity contribution in [1.29, 1.82) is 0 Å². The van der Waals surface area contributed by atoms with Crippen LogP contribution in [0.25, 0.3) is 0 Å². The van der Waals surface area contributed by atoms with Gasteiger partial charge in [0.15, 0.2) is 0 Å². The van der Waals surface area contributed by atoms with Gasteiger partial charge in [0.25, 0.3) is 0 Å². The summed E-state index contributed by atoms with van der Waals surface area (Å²) in [5.74, 6) is -0.117. The Balaban J connectivity index is 2.34. The predicted octanol–water partition coefficient (Wildman–Crippen LogP) is 2.96. The van der Waals surface area contributed by atoms with E-state index in [1.165, 1.54) is 24.1 Å². The summed E-state index contributed by atoms with van der Waals surface area (Å²) in [5, 5.41) is 2.86. The third-order valence-corrected chi connectivity index (χ3v) is 7.21. The van der Waals surface area contributed by atoms with E-state index in [0.717, 1.165) is 15.4 Å². The fourth-order valence-corrected chi connectivity index (χ4v) is 4.64. The van der Waals surface area contributed by atoms with Crippen molar-refractivity contribution in [1.82, 2.24) is 14.5 Å². The molecule has 2 aromatic carbocycles. The number of carbonyl (C=O) groups excluding carboxylic acids is 2. The zero-order chi connectivity index (χ0) is 25.5. The van der Waals surface area contributed by atoms with Gasteiger partial charge in [-0.1, -0.05) is 36.8 Å². The summed E-state index contributed by atoms with van der Waals surface area (Å²) in [6.45, 7) is 7.13. The Morgan fingerprint density at radius 3 is 2.29 bits per heavy atom. The monoisotopic (exact) mass is 489 g/mol. The predicted molar refractivity (Wildman–Crippen MR) is 132 cm³/mol. The first-order chi connectivity index (χ1) is 16.0. The lowest BCUT2D eigenvalue weighted by Crippen LogP contribution is -2.52. The first-order valence-corrected chi connectivity index (χ1v) is 12.7.